The molecule has 0 amide bonds. The van der Waals surface area contributed by atoms with E-state index in [1.807, 2.05) is 6.92 Å². The summed E-state index contributed by atoms with van der Waals surface area (Å²) in [5.74, 6) is -1.53. The van der Waals surface area contributed by atoms with Crippen molar-refractivity contribution in [2.24, 2.45) is 4.99 Å². The maximum atomic E-state index is 11.5. The second-order valence-corrected chi connectivity index (χ2v) is 6.65. The SMILES string of the molecule is CCC1=NC2C(O[C@H](COC(C)=O)[C@@H](OC(C)=O)[C@@H]2OC(C)=O)S1. The van der Waals surface area contributed by atoms with Gasteiger partial charge in [0, 0.05) is 20.8 Å². The first-order valence-electron chi connectivity index (χ1n) is 7.68. The number of ether oxygens (including phenoxy) is 4. The lowest BCUT2D eigenvalue weighted by atomic mass is 9.98. The van der Waals surface area contributed by atoms with Crippen LogP contribution in [0.2, 0.25) is 0 Å². The van der Waals surface area contributed by atoms with Crippen LogP contribution in [0, 0.1) is 0 Å². The van der Waals surface area contributed by atoms with E-state index < -0.39 is 42.3 Å². The standard InChI is InChI=1S/C15H21NO7S/c1-5-11-16-12-14(22-9(4)19)13(21-8(3)18)10(6-20-7(2)17)23-15(12)24-11/h10,12-15H,5-6H2,1-4H3/t10-,12?,13-,14-,15?/m1/s1. The van der Waals surface area contributed by atoms with Crippen molar-refractivity contribution >= 4 is 34.7 Å². The lowest BCUT2D eigenvalue weighted by Gasteiger charge is -2.41. The van der Waals surface area contributed by atoms with Crippen LogP contribution in [-0.2, 0) is 33.3 Å². The summed E-state index contributed by atoms with van der Waals surface area (Å²) in [5, 5.41) is 0.872. The molecule has 2 unspecified atom stereocenters. The summed E-state index contributed by atoms with van der Waals surface area (Å²) in [5.41, 5.74) is -0.378. The highest BCUT2D eigenvalue weighted by Gasteiger charge is 2.52. The third-order valence-electron chi connectivity index (χ3n) is 3.52. The second-order valence-electron chi connectivity index (χ2n) is 5.48. The number of carbonyl (C=O) groups is 3. The van der Waals surface area contributed by atoms with E-state index in [1.54, 1.807) is 0 Å². The predicted molar refractivity (Wildman–Crippen MR) is 85.5 cm³/mol. The molecule has 134 valence electrons. The van der Waals surface area contributed by atoms with Crippen molar-refractivity contribution in [3.8, 4) is 0 Å². The highest BCUT2D eigenvalue weighted by Crippen LogP contribution is 2.39. The van der Waals surface area contributed by atoms with E-state index in [1.165, 1.54) is 32.5 Å². The Bertz CT molecular complexity index is 550. The minimum Gasteiger partial charge on any atom is -0.463 e. The zero-order chi connectivity index (χ0) is 17.9. The van der Waals surface area contributed by atoms with Gasteiger partial charge in [0.25, 0.3) is 0 Å². The number of carbonyl (C=O) groups excluding carboxylic acids is 3. The van der Waals surface area contributed by atoms with Gasteiger partial charge in [0.05, 0.1) is 5.04 Å². The monoisotopic (exact) mass is 359 g/mol. The quantitative estimate of drug-likeness (QED) is 0.531. The molecule has 2 aliphatic heterocycles. The van der Waals surface area contributed by atoms with Crippen LogP contribution in [0.25, 0.3) is 0 Å². The third kappa shape index (κ3) is 4.47. The molecule has 24 heavy (non-hydrogen) atoms. The van der Waals surface area contributed by atoms with Crippen molar-refractivity contribution in [2.75, 3.05) is 6.61 Å². The smallest absolute Gasteiger partial charge is 0.303 e. The van der Waals surface area contributed by atoms with Crippen molar-refractivity contribution in [3.63, 3.8) is 0 Å². The van der Waals surface area contributed by atoms with E-state index in [4.69, 9.17) is 18.9 Å². The molecule has 0 bridgehead atoms. The summed E-state index contributed by atoms with van der Waals surface area (Å²) in [6.07, 6.45) is -1.70. The molecule has 8 nitrogen and oxygen atoms in total. The van der Waals surface area contributed by atoms with Crippen LogP contribution >= 0.6 is 11.8 Å². The number of thioether (sulfide) groups is 1. The maximum absolute atomic E-state index is 11.5. The first-order chi connectivity index (χ1) is 11.3. The molecule has 0 N–H and O–H groups in total. The molecular weight excluding hydrogens is 338 g/mol. The Morgan fingerprint density at radius 3 is 2.25 bits per heavy atom. The van der Waals surface area contributed by atoms with E-state index in [0.29, 0.717) is 0 Å². The molecule has 5 atom stereocenters. The van der Waals surface area contributed by atoms with E-state index in [0.717, 1.165) is 11.5 Å². The molecule has 2 rings (SSSR count). The normalized spacial score (nSPS) is 31.7. The molecule has 0 aromatic carbocycles. The summed E-state index contributed by atoms with van der Waals surface area (Å²) >= 11 is 1.44. The summed E-state index contributed by atoms with van der Waals surface area (Å²) < 4.78 is 21.6. The molecular formula is C15H21NO7S. The largest absolute Gasteiger partial charge is 0.463 e. The van der Waals surface area contributed by atoms with Gasteiger partial charge < -0.3 is 18.9 Å². The van der Waals surface area contributed by atoms with Crippen molar-refractivity contribution in [2.45, 2.75) is 63.9 Å². The van der Waals surface area contributed by atoms with E-state index in [2.05, 4.69) is 4.99 Å². The molecule has 0 aliphatic carbocycles. The third-order valence-corrected chi connectivity index (χ3v) is 4.81. The minimum absolute atomic E-state index is 0.101. The number of hydrogen-bond donors (Lipinski definition) is 0. The van der Waals surface area contributed by atoms with Crippen molar-refractivity contribution < 1.29 is 33.3 Å². The second kappa shape index (κ2) is 7.98. The minimum atomic E-state index is -0.896. The van der Waals surface area contributed by atoms with Crippen LogP contribution in [0.4, 0.5) is 0 Å². The topological polar surface area (TPSA) is 100 Å². The van der Waals surface area contributed by atoms with Crippen LogP contribution in [0.15, 0.2) is 4.99 Å². The van der Waals surface area contributed by atoms with Crippen LogP contribution < -0.4 is 0 Å². The Kier molecular flexibility index (Phi) is 6.22. The molecule has 1 saturated heterocycles. The number of hydrogen-bond acceptors (Lipinski definition) is 9. The molecule has 2 heterocycles. The summed E-state index contributed by atoms with van der Waals surface area (Å²) in [4.78, 5) is 38.6. The van der Waals surface area contributed by atoms with Gasteiger partial charge in [0.15, 0.2) is 12.2 Å². The zero-order valence-corrected chi connectivity index (χ0v) is 14.8. The van der Waals surface area contributed by atoms with Gasteiger partial charge in [0.2, 0.25) is 0 Å². The van der Waals surface area contributed by atoms with E-state index >= 15 is 0 Å². The molecule has 2 aliphatic rings. The Hall–Kier alpha value is -1.61. The Balaban J connectivity index is 2.27. The zero-order valence-electron chi connectivity index (χ0n) is 14.0. The number of rotatable bonds is 5. The number of aliphatic imine (C=N–C) groups is 1. The lowest BCUT2D eigenvalue weighted by Crippen LogP contribution is -2.59. The van der Waals surface area contributed by atoms with Gasteiger partial charge in [-0.05, 0) is 6.42 Å². The van der Waals surface area contributed by atoms with Gasteiger partial charge >= 0.3 is 17.9 Å². The maximum Gasteiger partial charge on any atom is 0.303 e. The fourth-order valence-corrected chi connectivity index (χ4v) is 3.80. The number of esters is 3. The highest BCUT2D eigenvalue weighted by atomic mass is 32.2. The Morgan fingerprint density at radius 1 is 1.08 bits per heavy atom. The van der Waals surface area contributed by atoms with Crippen LogP contribution in [0.1, 0.15) is 34.1 Å². The van der Waals surface area contributed by atoms with Gasteiger partial charge in [-0.25, -0.2) is 0 Å². The average Bonchev–Trinajstić information content (AvgIpc) is 2.89. The first kappa shape index (κ1) is 18.7. The average molecular weight is 359 g/mol. The van der Waals surface area contributed by atoms with Crippen LogP contribution in [0.3, 0.4) is 0 Å². The molecule has 0 spiro atoms. The number of fused-ring (bicyclic) bond motifs is 1. The molecule has 1 fully saturated rings. The molecule has 0 saturated carbocycles. The fourth-order valence-electron chi connectivity index (χ4n) is 2.62. The highest BCUT2D eigenvalue weighted by molar-refractivity contribution is 8.14. The predicted octanol–water partition coefficient (Wildman–Crippen LogP) is 1.06. The van der Waals surface area contributed by atoms with Crippen LogP contribution in [0.5, 0.6) is 0 Å². The van der Waals surface area contributed by atoms with E-state index in [9.17, 15) is 14.4 Å². The van der Waals surface area contributed by atoms with Crippen molar-refractivity contribution in [1.82, 2.24) is 0 Å². The molecule has 0 aromatic rings. The van der Waals surface area contributed by atoms with Crippen LogP contribution in [-0.4, -0.2) is 59.3 Å². The Morgan fingerprint density at radius 2 is 1.71 bits per heavy atom. The lowest BCUT2D eigenvalue weighted by molar-refractivity contribution is -0.208. The van der Waals surface area contributed by atoms with Gasteiger partial charge in [0.1, 0.15) is 24.2 Å². The van der Waals surface area contributed by atoms with Gasteiger partial charge in [-0.1, -0.05) is 18.7 Å². The van der Waals surface area contributed by atoms with Gasteiger partial charge in [-0.2, -0.15) is 0 Å². The summed E-state index contributed by atoms with van der Waals surface area (Å²) in [6.45, 7) is 5.67. The van der Waals surface area contributed by atoms with Gasteiger partial charge in [-0.3, -0.25) is 19.4 Å². The van der Waals surface area contributed by atoms with Gasteiger partial charge in [-0.15, -0.1) is 0 Å². The first-order valence-corrected chi connectivity index (χ1v) is 8.56. The van der Waals surface area contributed by atoms with E-state index in [-0.39, 0.29) is 12.0 Å². The summed E-state index contributed by atoms with van der Waals surface area (Å²) in [6, 6.07) is -0.466. The fraction of sp³-hybridized carbons (Fsp3) is 0.733. The summed E-state index contributed by atoms with van der Waals surface area (Å²) in [7, 11) is 0. The Labute approximate surface area is 144 Å². The molecule has 0 aromatic heterocycles. The molecule has 9 heteroatoms. The van der Waals surface area contributed by atoms with Crippen molar-refractivity contribution in [1.29, 1.82) is 0 Å². The molecule has 0 radical (unpaired) electrons. The van der Waals surface area contributed by atoms with Crippen molar-refractivity contribution in [3.05, 3.63) is 0 Å². The number of nitrogens with zero attached hydrogens (tertiary/aromatic N) is 1.